The molecular weight excluding hydrogens is 448 g/mol. The van der Waals surface area contributed by atoms with Gasteiger partial charge in [-0.15, -0.1) is 24.0 Å². The number of nitrogens with zero attached hydrogens (tertiary/aromatic N) is 3. The van der Waals surface area contributed by atoms with E-state index in [9.17, 15) is 4.39 Å². The Balaban J connectivity index is 0.00000243. The van der Waals surface area contributed by atoms with Crippen molar-refractivity contribution in [3.8, 4) is 0 Å². The van der Waals surface area contributed by atoms with Gasteiger partial charge in [0.15, 0.2) is 17.6 Å². The second-order valence-electron chi connectivity index (χ2n) is 6.66. The molecule has 0 bridgehead atoms. The highest BCUT2D eigenvalue weighted by molar-refractivity contribution is 14.0. The largest absolute Gasteiger partial charge is 0.379 e. The average molecular weight is 477 g/mol. The third kappa shape index (κ3) is 6.53. The molecule has 3 rings (SSSR count). The molecule has 146 valence electrons. The van der Waals surface area contributed by atoms with E-state index in [2.05, 4.69) is 20.6 Å². The standard InChI is InChI=1S/C18H28FN5O.HI/c1-2-20-18(22-9-11-25-13-14-5-6-14)23-15-7-10-24(12-15)17-16(19)4-3-8-21-17;/h3-4,8,14-15H,2,5-7,9-13H2,1H3,(H2,20,22,23);1H. The van der Waals surface area contributed by atoms with Crippen LogP contribution in [0.15, 0.2) is 23.3 Å². The third-order valence-corrected chi connectivity index (χ3v) is 4.47. The van der Waals surface area contributed by atoms with Gasteiger partial charge in [-0.25, -0.2) is 9.37 Å². The lowest BCUT2D eigenvalue weighted by molar-refractivity contribution is 0.131. The maximum Gasteiger partial charge on any atom is 0.191 e. The third-order valence-electron chi connectivity index (χ3n) is 4.47. The fourth-order valence-corrected chi connectivity index (χ4v) is 2.95. The Hall–Kier alpha value is -1.16. The molecule has 0 aromatic carbocycles. The minimum absolute atomic E-state index is 0. The molecule has 1 aliphatic carbocycles. The van der Waals surface area contributed by atoms with Gasteiger partial charge >= 0.3 is 0 Å². The van der Waals surface area contributed by atoms with Gasteiger partial charge in [0.25, 0.3) is 0 Å². The summed E-state index contributed by atoms with van der Waals surface area (Å²) in [5.41, 5.74) is 0. The van der Waals surface area contributed by atoms with Gasteiger partial charge in [0.05, 0.1) is 13.2 Å². The van der Waals surface area contributed by atoms with Gasteiger partial charge in [-0.3, -0.25) is 4.99 Å². The zero-order valence-corrected chi connectivity index (χ0v) is 17.6. The van der Waals surface area contributed by atoms with Crippen LogP contribution in [0.25, 0.3) is 0 Å². The molecule has 2 N–H and O–H groups in total. The molecule has 26 heavy (non-hydrogen) atoms. The molecule has 1 saturated carbocycles. The van der Waals surface area contributed by atoms with E-state index in [1.165, 1.54) is 18.9 Å². The zero-order chi connectivity index (χ0) is 17.5. The summed E-state index contributed by atoms with van der Waals surface area (Å²) < 4.78 is 19.5. The second kappa shape index (κ2) is 10.9. The van der Waals surface area contributed by atoms with Gasteiger partial charge in [-0.1, -0.05) is 0 Å². The number of pyridine rings is 1. The Labute approximate surface area is 172 Å². The minimum atomic E-state index is -0.267. The maximum atomic E-state index is 13.9. The minimum Gasteiger partial charge on any atom is -0.379 e. The monoisotopic (exact) mass is 477 g/mol. The van der Waals surface area contributed by atoms with Crippen LogP contribution in [0.5, 0.6) is 0 Å². The highest BCUT2D eigenvalue weighted by Crippen LogP contribution is 2.28. The molecule has 1 aromatic rings. The first-order valence-corrected chi connectivity index (χ1v) is 9.24. The lowest BCUT2D eigenvalue weighted by atomic mass is 10.3. The van der Waals surface area contributed by atoms with E-state index in [0.717, 1.165) is 44.5 Å². The summed E-state index contributed by atoms with van der Waals surface area (Å²) in [7, 11) is 0. The molecule has 1 unspecified atom stereocenters. The quantitative estimate of drug-likeness (QED) is 0.261. The number of rotatable bonds is 8. The van der Waals surface area contributed by atoms with Crippen molar-refractivity contribution in [1.82, 2.24) is 15.6 Å². The molecule has 1 atom stereocenters. The first-order valence-electron chi connectivity index (χ1n) is 9.24. The number of anilines is 1. The van der Waals surface area contributed by atoms with Gasteiger partial charge in [-0.05, 0) is 44.2 Å². The van der Waals surface area contributed by atoms with Crippen molar-refractivity contribution in [3.63, 3.8) is 0 Å². The molecule has 0 spiro atoms. The van der Waals surface area contributed by atoms with E-state index in [4.69, 9.17) is 4.74 Å². The first kappa shape index (κ1) is 21.1. The number of hydrogen-bond acceptors (Lipinski definition) is 4. The van der Waals surface area contributed by atoms with E-state index >= 15 is 0 Å². The SMILES string of the molecule is CCNC(=NCCOCC1CC1)NC1CCN(c2ncccc2F)C1.I. The van der Waals surface area contributed by atoms with Crippen LogP contribution in [0.1, 0.15) is 26.2 Å². The van der Waals surface area contributed by atoms with Crippen LogP contribution in [0.3, 0.4) is 0 Å². The number of nitrogens with one attached hydrogen (secondary N) is 2. The van der Waals surface area contributed by atoms with Crippen LogP contribution >= 0.6 is 24.0 Å². The Morgan fingerprint density at radius 3 is 3.00 bits per heavy atom. The van der Waals surface area contributed by atoms with Crippen molar-refractivity contribution in [1.29, 1.82) is 0 Å². The molecule has 1 saturated heterocycles. The van der Waals surface area contributed by atoms with Gasteiger partial charge in [0.1, 0.15) is 0 Å². The van der Waals surface area contributed by atoms with Crippen molar-refractivity contribution in [2.75, 3.05) is 44.3 Å². The van der Waals surface area contributed by atoms with Crippen LogP contribution in [0.2, 0.25) is 0 Å². The van der Waals surface area contributed by atoms with E-state index < -0.39 is 0 Å². The lowest BCUT2D eigenvalue weighted by Gasteiger charge is -2.19. The molecule has 2 heterocycles. The highest BCUT2D eigenvalue weighted by atomic mass is 127. The Kier molecular flexibility index (Phi) is 8.83. The fourth-order valence-electron chi connectivity index (χ4n) is 2.95. The maximum absolute atomic E-state index is 13.9. The average Bonchev–Trinajstić information content (AvgIpc) is 3.32. The van der Waals surface area contributed by atoms with Gasteiger partial charge in [0.2, 0.25) is 0 Å². The first-order chi connectivity index (χ1) is 12.3. The number of aromatic nitrogens is 1. The van der Waals surface area contributed by atoms with Crippen LogP contribution in [-0.2, 0) is 4.74 Å². The van der Waals surface area contributed by atoms with E-state index in [1.54, 1.807) is 12.3 Å². The summed E-state index contributed by atoms with van der Waals surface area (Å²) in [6.45, 7) is 6.53. The van der Waals surface area contributed by atoms with Crippen LogP contribution < -0.4 is 15.5 Å². The van der Waals surface area contributed by atoms with Crippen molar-refractivity contribution in [3.05, 3.63) is 24.1 Å². The van der Waals surface area contributed by atoms with Gasteiger partial charge in [-0.2, -0.15) is 0 Å². The number of aliphatic imine (C=N–C) groups is 1. The number of guanidine groups is 1. The predicted octanol–water partition coefficient (Wildman–Crippen LogP) is 2.40. The second-order valence-corrected chi connectivity index (χ2v) is 6.66. The van der Waals surface area contributed by atoms with Crippen LogP contribution in [0, 0.1) is 11.7 Å². The number of hydrogen-bond donors (Lipinski definition) is 2. The topological polar surface area (TPSA) is 61.8 Å². The molecule has 0 amide bonds. The highest BCUT2D eigenvalue weighted by Gasteiger charge is 2.26. The molecule has 2 aliphatic rings. The van der Waals surface area contributed by atoms with E-state index in [0.29, 0.717) is 19.0 Å². The number of halogens is 2. The molecule has 1 aliphatic heterocycles. The summed E-state index contributed by atoms with van der Waals surface area (Å²) in [4.78, 5) is 10.7. The van der Waals surface area contributed by atoms with Crippen molar-refractivity contribution in [2.45, 2.75) is 32.2 Å². The van der Waals surface area contributed by atoms with Crippen molar-refractivity contribution in [2.24, 2.45) is 10.9 Å². The smallest absolute Gasteiger partial charge is 0.191 e. The number of ether oxygens (including phenoxy) is 1. The fraction of sp³-hybridized carbons (Fsp3) is 0.667. The molecule has 6 nitrogen and oxygen atoms in total. The molecule has 1 aromatic heterocycles. The van der Waals surface area contributed by atoms with Gasteiger partial charge in [0, 0.05) is 38.5 Å². The molecule has 2 fully saturated rings. The molecule has 0 radical (unpaired) electrons. The summed E-state index contributed by atoms with van der Waals surface area (Å²) in [6.07, 6.45) is 5.18. The van der Waals surface area contributed by atoms with Crippen molar-refractivity contribution < 1.29 is 9.13 Å². The summed E-state index contributed by atoms with van der Waals surface area (Å²) in [5.74, 6) is 1.75. The summed E-state index contributed by atoms with van der Waals surface area (Å²) in [6, 6.07) is 3.30. The Morgan fingerprint density at radius 2 is 2.27 bits per heavy atom. The molecule has 8 heteroatoms. The van der Waals surface area contributed by atoms with Crippen LogP contribution in [-0.4, -0.2) is 56.4 Å². The normalized spacial score (nSPS) is 20.0. The lowest BCUT2D eigenvalue weighted by Crippen LogP contribution is -2.44. The Morgan fingerprint density at radius 1 is 1.42 bits per heavy atom. The van der Waals surface area contributed by atoms with Crippen molar-refractivity contribution >= 4 is 35.8 Å². The van der Waals surface area contributed by atoms with E-state index in [-0.39, 0.29) is 35.8 Å². The Bertz CT molecular complexity index is 584. The van der Waals surface area contributed by atoms with Crippen LogP contribution in [0.4, 0.5) is 10.2 Å². The van der Waals surface area contributed by atoms with E-state index in [1.807, 2.05) is 11.8 Å². The molecular formula is C18H29FIN5O. The summed E-state index contributed by atoms with van der Waals surface area (Å²) >= 11 is 0. The summed E-state index contributed by atoms with van der Waals surface area (Å²) in [5, 5.41) is 6.70. The predicted molar refractivity (Wildman–Crippen MR) is 113 cm³/mol. The van der Waals surface area contributed by atoms with Gasteiger partial charge < -0.3 is 20.3 Å². The zero-order valence-electron chi connectivity index (χ0n) is 15.3.